The van der Waals surface area contributed by atoms with E-state index in [4.69, 9.17) is 9.84 Å². The van der Waals surface area contributed by atoms with Gasteiger partial charge in [0.2, 0.25) is 0 Å². The van der Waals surface area contributed by atoms with Crippen molar-refractivity contribution < 1.29 is 19.4 Å². The van der Waals surface area contributed by atoms with Crippen LogP contribution in [0, 0.1) is 0 Å². The molecular weight excluding hydrogens is 274 g/mol. The second kappa shape index (κ2) is 6.08. The number of amides is 1. The van der Waals surface area contributed by atoms with Crippen molar-refractivity contribution in [2.75, 3.05) is 7.11 Å². The van der Waals surface area contributed by atoms with Crippen molar-refractivity contribution in [3.8, 4) is 5.75 Å². The molecule has 0 spiro atoms. The van der Waals surface area contributed by atoms with Gasteiger partial charge in [-0.3, -0.25) is 4.79 Å². The molecule has 2 aromatic rings. The molecule has 1 aromatic carbocycles. The number of aromatic carboxylic acids is 1. The number of rotatable bonds is 5. The number of ether oxygens (including phenoxy) is 1. The topological polar surface area (TPSA) is 104 Å². The van der Waals surface area contributed by atoms with E-state index in [1.165, 1.54) is 6.33 Å². The van der Waals surface area contributed by atoms with Crippen LogP contribution in [0.1, 0.15) is 39.5 Å². The Labute approximate surface area is 121 Å². The third kappa shape index (κ3) is 3.19. The molecule has 0 aliphatic carbocycles. The lowest BCUT2D eigenvalue weighted by atomic mass is 10.1. The highest BCUT2D eigenvalue weighted by Crippen LogP contribution is 2.17. The van der Waals surface area contributed by atoms with Gasteiger partial charge in [0.1, 0.15) is 5.75 Å². The van der Waals surface area contributed by atoms with E-state index in [-0.39, 0.29) is 17.4 Å². The quantitative estimate of drug-likeness (QED) is 0.775. The van der Waals surface area contributed by atoms with E-state index in [1.54, 1.807) is 26.2 Å². The second-order valence-electron chi connectivity index (χ2n) is 4.40. The number of methoxy groups -OCH3 is 1. The van der Waals surface area contributed by atoms with Crippen molar-refractivity contribution in [3.05, 3.63) is 47.5 Å². The SMILES string of the molecule is COc1ccc(C(C)NC(=O)c2nc[nH]c2C(=O)O)cc1. The summed E-state index contributed by atoms with van der Waals surface area (Å²) in [5.74, 6) is -1.05. The highest BCUT2D eigenvalue weighted by molar-refractivity contribution is 6.02. The van der Waals surface area contributed by atoms with Gasteiger partial charge in [-0.05, 0) is 24.6 Å². The van der Waals surface area contributed by atoms with Crippen molar-refractivity contribution in [1.29, 1.82) is 0 Å². The molecule has 0 aliphatic heterocycles. The van der Waals surface area contributed by atoms with Crippen molar-refractivity contribution >= 4 is 11.9 Å². The molecule has 21 heavy (non-hydrogen) atoms. The third-order valence-corrected chi connectivity index (χ3v) is 3.03. The van der Waals surface area contributed by atoms with Crippen LogP contribution in [0.15, 0.2) is 30.6 Å². The molecule has 7 nitrogen and oxygen atoms in total. The molecule has 1 unspecified atom stereocenters. The van der Waals surface area contributed by atoms with Gasteiger partial charge in [-0.25, -0.2) is 9.78 Å². The van der Waals surface area contributed by atoms with Crippen LogP contribution in [0.2, 0.25) is 0 Å². The Kier molecular flexibility index (Phi) is 4.22. The smallest absolute Gasteiger partial charge is 0.354 e. The number of carboxylic acid groups (broad SMARTS) is 1. The standard InChI is InChI=1S/C14H15N3O4/c1-8(9-3-5-10(21-2)6-4-9)17-13(18)11-12(14(19)20)16-7-15-11/h3-8H,1-2H3,(H,15,16)(H,17,18)(H,19,20). The first-order chi connectivity index (χ1) is 10.0. The Morgan fingerprint density at radius 3 is 2.57 bits per heavy atom. The zero-order chi connectivity index (χ0) is 15.4. The zero-order valence-electron chi connectivity index (χ0n) is 11.6. The van der Waals surface area contributed by atoms with Gasteiger partial charge in [0.15, 0.2) is 11.4 Å². The van der Waals surface area contributed by atoms with Crippen LogP contribution >= 0.6 is 0 Å². The Morgan fingerprint density at radius 1 is 1.33 bits per heavy atom. The van der Waals surface area contributed by atoms with Gasteiger partial charge in [0, 0.05) is 0 Å². The number of aromatic amines is 1. The third-order valence-electron chi connectivity index (χ3n) is 3.03. The van der Waals surface area contributed by atoms with E-state index in [1.807, 2.05) is 12.1 Å². The summed E-state index contributed by atoms with van der Waals surface area (Å²) >= 11 is 0. The normalized spacial score (nSPS) is 11.7. The summed E-state index contributed by atoms with van der Waals surface area (Å²) < 4.78 is 5.06. The summed E-state index contributed by atoms with van der Waals surface area (Å²) in [6.07, 6.45) is 1.18. The second-order valence-corrected chi connectivity index (χ2v) is 4.40. The first kappa shape index (κ1) is 14.6. The highest BCUT2D eigenvalue weighted by atomic mass is 16.5. The van der Waals surface area contributed by atoms with Gasteiger partial charge in [0.25, 0.3) is 5.91 Å². The number of aromatic nitrogens is 2. The number of hydrogen-bond donors (Lipinski definition) is 3. The van der Waals surface area contributed by atoms with Gasteiger partial charge in [-0.1, -0.05) is 12.1 Å². The van der Waals surface area contributed by atoms with E-state index in [9.17, 15) is 9.59 Å². The molecule has 110 valence electrons. The lowest BCUT2D eigenvalue weighted by molar-refractivity contribution is 0.0684. The number of carbonyl (C=O) groups is 2. The molecule has 2 rings (SSSR count). The van der Waals surface area contributed by atoms with Crippen LogP contribution < -0.4 is 10.1 Å². The fourth-order valence-electron chi connectivity index (χ4n) is 1.87. The van der Waals surface area contributed by atoms with Gasteiger partial charge in [0.05, 0.1) is 19.5 Å². The molecule has 3 N–H and O–H groups in total. The molecule has 1 amide bonds. The Balaban J connectivity index is 2.11. The fourth-order valence-corrected chi connectivity index (χ4v) is 1.87. The zero-order valence-corrected chi connectivity index (χ0v) is 11.6. The maximum atomic E-state index is 12.1. The maximum Gasteiger partial charge on any atom is 0.354 e. The summed E-state index contributed by atoms with van der Waals surface area (Å²) in [5.41, 5.74) is 0.508. The number of H-pyrrole nitrogens is 1. The number of imidazole rings is 1. The predicted molar refractivity (Wildman–Crippen MR) is 74.4 cm³/mol. The molecule has 0 aliphatic rings. The average Bonchev–Trinajstić information content (AvgIpc) is 2.97. The largest absolute Gasteiger partial charge is 0.497 e. The van der Waals surface area contributed by atoms with Crippen molar-refractivity contribution in [3.63, 3.8) is 0 Å². The van der Waals surface area contributed by atoms with E-state index in [0.717, 1.165) is 11.3 Å². The summed E-state index contributed by atoms with van der Waals surface area (Å²) in [4.78, 5) is 29.2. The summed E-state index contributed by atoms with van der Waals surface area (Å²) in [5, 5.41) is 11.7. The first-order valence-corrected chi connectivity index (χ1v) is 6.24. The number of carbonyl (C=O) groups excluding carboxylic acids is 1. The van der Waals surface area contributed by atoms with Crippen LogP contribution in [0.25, 0.3) is 0 Å². The minimum Gasteiger partial charge on any atom is -0.497 e. The Bertz CT molecular complexity index is 648. The Morgan fingerprint density at radius 2 is 2.00 bits per heavy atom. The molecule has 7 heteroatoms. The minimum absolute atomic E-state index is 0.136. The minimum atomic E-state index is -1.23. The number of nitrogens with zero attached hydrogens (tertiary/aromatic N) is 1. The molecule has 1 aromatic heterocycles. The number of hydrogen-bond acceptors (Lipinski definition) is 4. The van der Waals surface area contributed by atoms with Crippen LogP contribution in [0.3, 0.4) is 0 Å². The van der Waals surface area contributed by atoms with Crippen molar-refractivity contribution in [1.82, 2.24) is 15.3 Å². The number of carboxylic acids is 1. The predicted octanol–water partition coefficient (Wildman–Crippen LogP) is 1.61. The van der Waals surface area contributed by atoms with Crippen LogP contribution in [-0.2, 0) is 0 Å². The molecule has 1 heterocycles. The fraction of sp³-hybridized carbons (Fsp3) is 0.214. The summed E-state index contributed by atoms with van der Waals surface area (Å²) in [7, 11) is 1.57. The summed E-state index contributed by atoms with van der Waals surface area (Å²) in [6.45, 7) is 1.80. The molecule has 0 fully saturated rings. The molecular formula is C14H15N3O4. The van der Waals surface area contributed by atoms with Crippen molar-refractivity contribution in [2.24, 2.45) is 0 Å². The van der Waals surface area contributed by atoms with E-state index >= 15 is 0 Å². The van der Waals surface area contributed by atoms with Crippen LogP contribution in [-0.4, -0.2) is 34.1 Å². The maximum absolute atomic E-state index is 12.1. The van der Waals surface area contributed by atoms with Crippen LogP contribution in [0.5, 0.6) is 5.75 Å². The van der Waals surface area contributed by atoms with Crippen molar-refractivity contribution in [2.45, 2.75) is 13.0 Å². The van der Waals surface area contributed by atoms with Crippen LogP contribution in [0.4, 0.5) is 0 Å². The number of benzene rings is 1. The number of nitrogens with one attached hydrogen (secondary N) is 2. The monoisotopic (exact) mass is 289 g/mol. The summed E-state index contributed by atoms with van der Waals surface area (Å²) in [6, 6.07) is 6.94. The van der Waals surface area contributed by atoms with Gasteiger partial charge in [-0.2, -0.15) is 0 Å². The highest BCUT2D eigenvalue weighted by Gasteiger charge is 2.21. The van der Waals surface area contributed by atoms with E-state index in [2.05, 4.69) is 15.3 Å². The molecule has 0 saturated heterocycles. The lowest BCUT2D eigenvalue weighted by Gasteiger charge is -2.14. The van der Waals surface area contributed by atoms with Gasteiger partial charge >= 0.3 is 5.97 Å². The lowest BCUT2D eigenvalue weighted by Crippen LogP contribution is -2.28. The van der Waals surface area contributed by atoms with E-state index < -0.39 is 11.9 Å². The van der Waals surface area contributed by atoms with Gasteiger partial charge in [-0.15, -0.1) is 0 Å². The molecule has 0 saturated carbocycles. The van der Waals surface area contributed by atoms with E-state index in [0.29, 0.717) is 0 Å². The molecule has 0 bridgehead atoms. The Hall–Kier alpha value is -2.83. The average molecular weight is 289 g/mol. The molecule has 0 radical (unpaired) electrons. The van der Waals surface area contributed by atoms with Gasteiger partial charge < -0.3 is 20.1 Å². The first-order valence-electron chi connectivity index (χ1n) is 6.24. The molecule has 1 atom stereocenters.